The predicted molar refractivity (Wildman–Crippen MR) is 61.1 cm³/mol. The number of oxime groups is 1. The van der Waals surface area contributed by atoms with E-state index in [0.717, 1.165) is 25.3 Å². The van der Waals surface area contributed by atoms with Crippen molar-refractivity contribution in [3.8, 4) is 0 Å². The Morgan fingerprint density at radius 2 is 2.47 bits per heavy atom. The summed E-state index contributed by atoms with van der Waals surface area (Å²) in [5.41, 5.74) is 5.29. The molecule has 1 amide bonds. The van der Waals surface area contributed by atoms with Crippen molar-refractivity contribution in [2.24, 2.45) is 10.9 Å². The third kappa shape index (κ3) is 3.62. The molecule has 0 spiro atoms. The number of amides is 1. The van der Waals surface area contributed by atoms with Crippen LogP contribution in [0, 0.1) is 0 Å². The summed E-state index contributed by atoms with van der Waals surface area (Å²) in [5.74, 6) is 0.899. The first-order chi connectivity index (χ1) is 7.17. The lowest BCUT2D eigenvalue weighted by Crippen LogP contribution is -2.43. The lowest BCUT2D eigenvalue weighted by atomic mass is 10.2. The molecule has 1 heterocycles. The molecule has 0 aromatic carbocycles. The number of hydrogen-bond acceptors (Lipinski definition) is 4. The Morgan fingerprint density at radius 1 is 1.73 bits per heavy atom. The van der Waals surface area contributed by atoms with Crippen molar-refractivity contribution >= 4 is 23.5 Å². The van der Waals surface area contributed by atoms with Crippen LogP contribution in [0.3, 0.4) is 0 Å². The molecule has 1 aliphatic rings. The van der Waals surface area contributed by atoms with Crippen LogP contribution in [-0.4, -0.2) is 45.9 Å². The molecule has 1 rings (SSSR count). The first-order valence-corrected chi connectivity index (χ1v) is 6.08. The van der Waals surface area contributed by atoms with Crippen molar-refractivity contribution < 1.29 is 10.0 Å². The molecule has 15 heavy (non-hydrogen) atoms. The van der Waals surface area contributed by atoms with Gasteiger partial charge in [-0.1, -0.05) is 12.1 Å². The van der Waals surface area contributed by atoms with Crippen molar-refractivity contribution in [1.82, 2.24) is 4.90 Å². The summed E-state index contributed by atoms with van der Waals surface area (Å²) in [6, 6.07) is 0. The molecule has 0 saturated carbocycles. The summed E-state index contributed by atoms with van der Waals surface area (Å²) in [6.45, 7) is 3.66. The molecule has 0 aromatic rings. The second-order valence-corrected chi connectivity index (χ2v) is 4.92. The minimum absolute atomic E-state index is 0.0115. The molecule has 0 aromatic heterocycles. The van der Waals surface area contributed by atoms with Crippen LogP contribution in [0.4, 0.5) is 0 Å². The van der Waals surface area contributed by atoms with Gasteiger partial charge in [0, 0.05) is 24.1 Å². The highest BCUT2D eigenvalue weighted by atomic mass is 32.2. The number of nitrogens with zero attached hydrogens (tertiary/aromatic N) is 2. The summed E-state index contributed by atoms with van der Waals surface area (Å²) >= 11 is 1.90. The van der Waals surface area contributed by atoms with Crippen molar-refractivity contribution in [2.75, 3.05) is 18.8 Å². The molecule has 1 atom stereocenters. The maximum absolute atomic E-state index is 11.7. The Balaban J connectivity index is 2.45. The third-order valence-electron chi connectivity index (χ3n) is 2.41. The molecule has 6 heteroatoms. The largest absolute Gasteiger partial charge is 0.409 e. The van der Waals surface area contributed by atoms with E-state index in [1.54, 1.807) is 4.90 Å². The summed E-state index contributed by atoms with van der Waals surface area (Å²) in [6.07, 6.45) is 1.08. The third-order valence-corrected chi connectivity index (χ3v) is 3.78. The van der Waals surface area contributed by atoms with Crippen molar-refractivity contribution in [2.45, 2.75) is 25.0 Å². The number of carbonyl (C=O) groups is 1. The van der Waals surface area contributed by atoms with E-state index in [4.69, 9.17) is 10.9 Å². The average molecular weight is 231 g/mol. The van der Waals surface area contributed by atoms with Crippen LogP contribution < -0.4 is 5.73 Å². The summed E-state index contributed by atoms with van der Waals surface area (Å²) in [7, 11) is 0. The van der Waals surface area contributed by atoms with Crippen LogP contribution in [0.25, 0.3) is 0 Å². The summed E-state index contributed by atoms with van der Waals surface area (Å²) < 4.78 is 0. The lowest BCUT2D eigenvalue weighted by molar-refractivity contribution is -0.129. The minimum atomic E-state index is -0.0518. The number of amidine groups is 1. The van der Waals surface area contributed by atoms with Crippen molar-refractivity contribution in [3.05, 3.63) is 0 Å². The molecule has 0 aliphatic carbocycles. The molecule has 86 valence electrons. The van der Waals surface area contributed by atoms with Crippen LogP contribution in [-0.2, 0) is 4.79 Å². The zero-order chi connectivity index (χ0) is 11.3. The summed E-state index contributed by atoms with van der Waals surface area (Å²) in [5, 5.41) is 11.7. The predicted octanol–water partition coefficient (Wildman–Crippen LogP) is 0.477. The molecule has 1 fully saturated rings. The number of carbonyl (C=O) groups excluding carboxylic acids is 1. The highest BCUT2D eigenvalue weighted by Gasteiger charge is 2.23. The van der Waals surface area contributed by atoms with E-state index in [-0.39, 0.29) is 18.2 Å². The summed E-state index contributed by atoms with van der Waals surface area (Å²) in [4.78, 5) is 13.5. The highest BCUT2D eigenvalue weighted by Crippen LogP contribution is 2.21. The first kappa shape index (κ1) is 12.2. The van der Waals surface area contributed by atoms with E-state index in [1.165, 1.54) is 0 Å². The zero-order valence-electron chi connectivity index (χ0n) is 8.85. The zero-order valence-corrected chi connectivity index (χ0v) is 9.66. The van der Waals surface area contributed by atoms with Gasteiger partial charge in [-0.2, -0.15) is 11.8 Å². The number of hydrogen-bond donors (Lipinski definition) is 2. The molecular formula is C9H17N3O2S. The van der Waals surface area contributed by atoms with Gasteiger partial charge in [0.1, 0.15) is 5.84 Å². The molecule has 1 aliphatic heterocycles. The normalized spacial score (nSPS) is 22.9. The fraction of sp³-hybridized carbons (Fsp3) is 0.778. The Kier molecular flexibility index (Phi) is 4.74. The molecule has 1 unspecified atom stereocenters. The second-order valence-electron chi connectivity index (χ2n) is 3.51. The van der Waals surface area contributed by atoms with E-state index in [1.807, 2.05) is 11.8 Å². The Hall–Kier alpha value is -0.910. The van der Waals surface area contributed by atoms with Gasteiger partial charge >= 0.3 is 0 Å². The van der Waals surface area contributed by atoms with Crippen LogP contribution >= 0.6 is 11.8 Å². The van der Waals surface area contributed by atoms with E-state index in [9.17, 15) is 4.79 Å². The SMILES string of the molecule is CCC1CN(C(=O)CC(N)=NO)CCS1. The van der Waals surface area contributed by atoms with Crippen LogP contribution in [0.15, 0.2) is 5.16 Å². The van der Waals surface area contributed by atoms with E-state index >= 15 is 0 Å². The minimum Gasteiger partial charge on any atom is -0.409 e. The monoisotopic (exact) mass is 231 g/mol. The quantitative estimate of drug-likeness (QED) is 0.320. The fourth-order valence-corrected chi connectivity index (χ4v) is 2.68. The lowest BCUT2D eigenvalue weighted by Gasteiger charge is -2.31. The van der Waals surface area contributed by atoms with Gasteiger partial charge in [-0.3, -0.25) is 4.79 Å². The standard InChI is InChI=1S/C9H17N3O2S/c1-2-7-6-12(3-4-15-7)9(13)5-8(10)11-14/h7,14H,2-6H2,1H3,(H2,10,11). The molecular weight excluding hydrogens is 214 g/mol. The Labute approximate surface area is 93.7 Å². The molecule has 5 nitrogen and oxygen atoms in total. The second kappa shape index (κ2) is 5.85. The van der Waals surface area contributed by atoms with Crippen LogP contribution in [0.1, 0.15) is 19.8 Å². The molecule has 3 N–H and O–H groups in total. The number of rotatable bonds is 3. The van der Waals surface area contributed by atoms with E-state index in [0.29, 0.717) is 5.25 Å². The maximum Gasteiger partial charge on any atom is 0.230 e. The molecule has 1 saturated heterocycles. The Bertz CT molecular complexity index is 258. The van der Waals surface area contributed by atoms with E-state index in [2.05, 4.69) is 12.1 Å². The van der Waals surface area contributed by atoms with Gasteiger partial charge in [0.05, 0.1) is 6.42 Å². The van der Waals surface area contributed by atoms with Crippen molar-refractivity contribution in [3.63, 3.8) is 0 Å². The fourth-order valence-electron chi connectivity index (χ4n) is 1.49. The van der Waals surface area contributed by atoms with E-state index < -0.39 is 0 Å². The maximum atomic E-state index is 11.7. The van der Waals surface area contributed by atoms with Crippen LogP contribution in [0.5, 0.6) is 0 Å². The highest BCUT2D eigenvalue weighted by molar-refractivity contribution is 8.00. The number of thioether (sulfide) groups is 1. The van der Waals surface area contributed by atoms with Gasteiger partial charge in [0.15, 0.2) is 0 Å². The van der Waals surface area contributed by atoms with Gasteiger partial charge in [-0.05, 0) is 6.42 Å². The van der Waals surface area contributed by atoms with Gasteiger partial charge in [0.2, 0.25) is 5.91 Å². The Morgan fingerprint density at radius 3 is 3.07 bits per heavy atom. The average Bonchev–Trinajstić information content (AvgIpc) is 2.28. The number of nitrogens with two attached hydrogens (primary N) is 1. The molecule has 0 bridgehead atoms. The van der Waals surface area contributed by atoms with Gasteiger partial charge < -0.3 is 15.8 Å². The van der Waals surface area contributed by atoms with Gasteiger partial charge in [-0.25, -0.2) is 0 Å². The van der Waals surface area contributed by atoms with Crippen molar-refractivity contribution in [1.29, 1.82) is 0 Å². The van der Waals surface area contributed by atoms with Gasteiger partial charge in [-0.15, -0.1) is 0 Å². The molecule has 0 radical (unpaired) electrons. The topological polar surface area (TPSA) is 78.9 Å². The van der Waals surface area contributed by atoms with Gasteiger partial charge in [0.25, 0.3) is 0 Å². The smallest absolute Gasteiger partial charge is 0.230 e. The van der Waals surface area contributed by atoms with Crippen LogP contribution in [0.2, 0.25) is 0 Å². The first-order valence-electron chi connectivity index (χ1n) is 5.03.